The Morgan fingerprint density at radius 1 is 1.53 bits per heavy atom. The lowest BCUT2D eigenvalue weighted by atomic mass is 10.2. The molecule has 0 radical (unpaired) electrons. The Morgan fingerprint density at radius 2 is 2.32 bits per heavy atom. The van der Waals surface area contributed by atoms with Crippen molar-refractivity contribution < 1.29 is 9.90 Å². The molecule has 6 heteroatoms. The van der Waals surface area contributed by atoms with E-state index in [2.05, 4.69) is 4.98 Å². The number of aliphatic carboxylic acids is 1. The average Bonchev–Trinajstić information content (AvgIpc) is 2.73. The van der Waals surface area contributed by atoms with Crippen LogP contribution in [0, 0.1) is 6.92 Å². The lowest BCUT2D eigenvalue weighted by Gasteiger charge is -2.22. The third-order valence-electron chi connectivity index (χ3n) is 2.52. The van der Waals surface area contributed by atoms with Crippen molar-refractivity contribution in [1.82, 2.24) is 4.98 Å². The molecule has 0 atom stereocenters. The number of rotatable bonds is 5. The fourth-order valence-electron chi connectivity index (χ4n) is 1.74. The van der Waals surface area contributed by atoms with Crippen molar-refractivity contribution in [3.8, 4) is 0 Å². The summed E-state index contributed by atoms with van der Waals surface area (Å²) in [7, 11) is 0. The molecule has 1 aromatic heterocycles. The molecule has 2 rings (SSSR count). The summed E-state index contributed by atoms with van der Waals surface area (Å²) >= 11 is 7.51. The standard InChI is InChI=1S/C13H13ClN2O2S/c1-9-15-6-12(19-9)7-16(8-13(17)18)11-4-2-3-10(14)5-11/h2-6H,7-8H2,1H3,(H,17,18). The number of aryl methyl sites for hydroxylation is 1. The first-order chi connectivity index (χ1) is 9.04. The number of hydrogen-bond acceptors (Lipinski definition) is 4. The molecule has 0 aliphatic carbocycles. The Labute approximate surface area is 120 Å². The highest BCUT2D eigenvalue weighted by atomic mass is 35.5. The van der Waals surface area contributed by atoms with E-state index in [-0.39, 0.29) is 6.54 Å². The van der Waals surface area contributed by atoms with Gasteiger partial charge in [-0.3, -0.25) is 4.79 Å². The number of carboxylic acid groups (broad SMARTS) is 1. The Bertz CT molecular complexity index is 586. The third kappa shape index (κ3) is 3.94. The Hall–Kier alpha value is -1.59. The summed E-state index contributed by atoms with van der Waals surface area (Å²) in [5.74, 6) is -0.874. The van der Waals surface area contributed by atoms with Gasteiger partial charge in [0, 0.05) is 21.8 Å². The highest BCUT2D eigenvalue weighted by Crippen LogP contribution is 2.23. The summed E-state index contributed by atoms with van der Waals surface area (Å²) in [5.41, 5.74) is 0.793. The highest BCUT2D eigenvalue weighted by Gasteiger charge is 2.13. The van der Waals surface area contributed by atoms with Gasteiger partial charge in [-0.25, -0.2) is 4.98 Å². The van der Waals surface area contributed by atoms with Crippen LogP contribution in [0.5, 0.6) is 0 Å². The second-order valence-electron chi connectivity index (χ2n) is 4.08. The van der Waals surface area contributed by atoms with E-state index < -0.39 is 5.97 Å². The summed E-state index contributed by atoms with van der Waals surface area (Å²) in [4.78, 5) is 17.9. The number of hydrogen-bond donors (Lipinski definition) is 1. The molecule has 1 N–H and O–H groups in total. The second-order valence-corrected chi connectivity index (χ2v) is 5.83. The van der Waals surface area contributed by atoms with Crippen molar-refractivity contribution in [3.63, 3.8) is 0 Å². The second kappa shape index (κ2) is 6.04. The number of aromatic nitrogens is 1. The van der Waals surface area contributed by atoms with E-state index in [9.17, 15) is 4.79 Å². The minimum atomic E-state index is -0.874. The molecule has 0 aliphatic heterocycles. The Kier molecular flexibility index (Phi) is 4.39. The van der Waals surface area contributed by atoms with Crippen molar-refractivity contribution >= 4 is 34.6 Å². The topological polar surface area (TPSA) is 53.4 Å². The highest BCUT2D eigenvalue weighted by molar-refractivity contribution is 7.11. The van der Waals surface area contributed by atoms with Gasteiger partial charge in [0.2, 0.25) is 0 Å². The fourth-order valence-corrected chi connectivity index (χ4v) is 2.74. The molecule has 0 saturated carbocycles. The van der Waals surface area contributed by atoms with Crippen molar-refractivity contribution in [2.24, 2.45) is 0 Å². The summed E-state index contributed by atoms with van der Waals surface area (Å²) < 4.78 is 0. The fraction of sp³-hybridized carbons (Fsp3) is 0.231. The summed E-state index contributed by atoms with van der Waals surface area (Å²) in [6.07, 6.45) is 1.78. The molecule has 19 heavy (non-hydrogen) atoms. The van der Waals surface area contributed by atoms with Gasteiger partial charge in [-0.05, 0) is 25.1 Å². The largest absolute Gasteiger partial charge is 0.480 e. The zero-order valence-corrected chi connectivity index (χ0v) is 11.9. The first-order valence-corrected chi connectivity index (χ1v) is 6.87. The molecule has 100 valence electrons. The molecule has 0 aliphatic rings. The van der Waals surface area contributed by atoms with Gasteiger partial charge in [-0.15, -0.1) is 11.3 Å². The monoisotopic (exact) mass is 296 g/mol. The van der Waals surface area contributed by atoms with E-state index >= 15 is 0 Å². The smallest absolute Gasteiger partial charge is 0.323 e. The predicted molar refractivity (Wildman–Crippen MR) is 77.0 cm³/mol. The number of nitrogens with zero attached hydrogens (tertiary/aromatic N) is 2. The maximum atomic E-state index is 11.0. The minimum absolute atomic E-state index is 0.0721. The lowest BCUT2D eigenvalue weighted by Crippen LogP contribution is -2.28. The van der Waals surface area contributed by atoms with Crippen LogP contribution in [0.15, 0.2) is 30.5 Å². The van der Waals surface area contributed by atoms with Gasteiger partial charge in [-0.2, -0.15) is 0 Å². The van der Waals surface area contributed by atoms with E-state index in [4.69, 9.17) is 16.7 Å². The van der Waals surface area contributed by atoms with Gasteiger partial charge >= 0.3 is 5.97 Å². The molecule has 0 saturated heterocycles. The molecule has 1 aromatic carbocycles. The Balaban J connectivity index is 2.22. The number of benzene rings is 1. The average molecular weight is 297 g/mol. The summed E-state index contributed by atoms with van der Waals surface area (Å²) in [6.45, 7) is 2.37. The number of halogens is 1. The van der Waals surface area contributed by atoms with Crippen molar-refractivity contribution in [2.75, 3.05) is 11.4 Å². The van der Waals surface area contributed by atoms with Crippen LogP contribution in [0.1, 0.15) is 9.88 Å². The van der Waals surface area contributed by atoms with E-state index in [1.54, 1.807) is 34.6 Å². The maximum Gasteiger partial charge on any atom is 0.323 e. The van der Waals surface area contributed by atoms with Gasteiger partial charge in [0.05, 0.1) is 11.6 Å². The SMILES string of the molecule is Cc1ncc(CN(CC(=O)O)c2cccc(Cl)c2)s1. The number of thiazole rings is 1. The normalized spacial score (nSPS) is 10.4. The molecule has 0 amide bonds. The van der Waals surface area contributed by atoms with E-state index in [1.165, 1.54) is 0 Å². The molecular formula is C13H13ClN2O2S. The molecule has 4 nitrogen and oxygen atoms in total. The van der Waals surface area contributed by atoms with Crippen LogP contribution in [0.2, 0.25) is 5.02 Å². The van der Waals surface area contributed by atoms with Crippen LogP contribution in [0.3, 0.4) is 0 Å². The lowest BCUT2D eigenvalue weighted by molar-refractivity contribution is -0.135. The van der Waals surface area contributed by atoms with Gasteiger partial charge in [0.15, 0.2) is 0 Å². The molecule has 0 unspecified atom stereocenters. The third-order valence-corrected chi connectivity index (χ3v) is 3.65. The number of carboxylic acids is 1. The van der Waals surface area contributed by atoms with Gasteiger partial charge < -0.3 is 10.0 Å². The van der Waals surface area contributed by atoms with Crippen LogP contribution in [0.4, 0.5) is 5.69 Å². The molecule has 0 fully saturated rings. The number of carbonyl (C=O) groups is 1. The quantitative estimate of drug-likeness (QED) is 0.920. The van der Waals surface area contributed by atoms with Gasteiger partial charge in [-0.1, -0.05) is 17.7 Å². The summed E-state index contributed by atoms with van der Waals surface area (Å²) in [5, 5.41) is 10.6. The van der Waals surface area contributed by atoms with Crippen molar-refractivity contribution in [2.45, 2.75) is 13.5 Å². The maximum absolute atomic E-state index is 11.0. The summed E-state index contributed by atoms with van der Waals surface area (Å²) in [6, 6.07) is 7.19. The van der Waals surface area contributed by atoms with Crippen molar-refractivity contribution in [3.05, 3.63) is 45.4 Å². The number of anilines is 1. The van der Waals surface area contributed by atoms with Crippen LogP contribution in [0.25, 0.3) is 0 Å². The van der Waals surface area contributed by atoms with Crippen LogP contribution >= 0.6 is 22.9 Å². The molecule has 0 bridgehead atoms. The predicted octanol–water partition coefficient (Wildman–Crippen LogP) is 3.20. The van der Waals surface area contributed by atoms with Crippen LogP contribution in [-0.4, -0.2) is 22.6 Å². The van der Waals surface area contributed by atoms with Crippen LogP contribution < -0.4 is 4.90 Å². The van der Waals surface area contributed by atoms with E-state index in [0.717, 1.165) is 15.6 Å². The first-order valence-electron chi connectivity index (χ1n) is 5.68. The molecule has 0 spiro atoms. The van der Waals surface area contributed by atoms with E-state index in [1.807, 2.05) is 19.1 Å². The zero-order chi connectivity index (χ0) is 13.8. The van der Waals surface area contributed by atoms with E-state index in [0.29, 0.717) is 11.6 Å². The first kappa shape index (κ1) is 13.8. The van der Waals surface area contributed by atoms with Crippen molar-refractivity contribution in [1.29, 1.82) is 0 Å². The zero-order valence-electron chi connectivity index (χ0n) is 10.3. The van der Waals surface area contributed by atoms with Crippen LogP contribution in [-0.2, 0) is 11.3 Å². The Morgan fingerprint density at radius 3 is 2.89 bits per heavy atom. The minimum Gasteiger partial charge on any atom is -0.480 e. The molecule has 2 aromatic rings. The molecular weight excluding hydrogens is 284 g/mol. The van der Waals surface area contributed by atoms with Gasteiger partial charge in [0.1, 0.15) is 6.54 Å². The van der Waals surface area contributed by atoms with Gasteiger partial charge in [0.25, 0.3) is 0 Å². The molecule has 1 heterocycles.